The summed E-state index contributed by atoms with van der Waals surface area (Å²) >= 11 is 7.57. The van der Waals surface area contributed by atoms with Crippen molar-refractivity contribution < 1.29 is 0 Å². The maximum absolute atomic E-state index is 5.92. The third kappa shape index (κ3) is 2.61. The quantitative estimate of drug-likeness (QED) is 0.888. The number of nitrogens with zero attached hydrogens (tertiary/aromatic N) is 1. The van der Waals surface area contributed by atoms with Gasteiger partial charge in [-0.25, -0.2) is 4.98 Å². The summed E-state index contributed by atoms with van der Waals surface area (Å²) in [5, 5.41) is 7.30. The van der Waals surface area contributed by atoms with Gasteiger partial charge in [-0.2, -0.15) is 0 Å². The first kappa shape index (κ1) is 11.1. The third-order valence-corrected chi connectivity index (χ3v) is 3.99. The van der Waals surface area contributed by atoms with Crippen molar-refractivity contribution in [2.45, 2.75) is 18.9 Å². The molecule has 2 aromatic rings. The van der Waals surface area contributed by atoms with Gasteiger partial charge in [0.2, 0.25) is 0 Å². The fourth-order valence-electron chi connectivity index (χ4n) is 2.00. The summed E-state index contributed by atoms with van der Waals surface area (Å²) in [4.78, 5) is 4.29. The van der Waals surface area contributed by atoms with Crippen molar-refractivity contribution in [3.63, 3.8) is 0 Å². The molecule has 0 spiro atoms. The monoisotopic (exact) mass is 264 g/mol. The average molecular weight is 265 g/mol. The zero-order valence-electron chi connectivity index (χ0n) is 9.27. The second-order valence-corrected chi connectivity index (χ2v) is 5.68. The highest BCUT2D eigenvalue weighted by molar-refractivity contribution is 7.13. The highest BCUT2D eigenvalue weighted by Gasteiger charge is 2.32. The Hall–Kier alpha value is -1.06. The number of anilines is 1. The lowest BCUT2D eigenvalue weighted by Crippen LogP contribution is -2.12. The molecular weight excluding hydrogens is 252 g/mol. The number of aromatic nitrogens is 1. The van der Waals surface area contributed by atoms with Crippen molar-refractivity contribution in [3.8, 4) is 0 Å². The Balaban J connectivity index is 1.82. The van der Waals surface area contributed by atoms with Crippen LogP contribution in [-0.2, 0) is 0 Å². The van der Waals surface area contributed by atoms with Crippen LogP contribution in [-0.4, -0.2) is 4.98 Å². The summed E-state index contributed by atoms with van der Waals surface area (Å²) in [6, 6.07) is 8.49. The summed E-state index contributed by atoms with van der Waals surface area (Å²) in [7, 11) is 0. The summed E-state index contributed by atoms with van der Waals surface area (Å²) in [6.45, 7) is 0. The molecule has 1 fully saturated rings. The van der Waals surface area contributed by atoms with Crippen molar-refractivity contribution in [2.75, 3.05) is 5.32 Å². The number of rotatable bonds is 4. The van der Waals surface area contributed by atoms with Crippen LogP contribution in [0.1, 0.15) is 24.4 Å². The first-order valence-electron chi connectivity index (χ1n) is 5.74. The van der Waals surface area contributed by atoms with Gasteiger partial charge in [-0.05, 0) is 36.5 Å². The molecule has 1 atom stereocenters. The lowest BCUT2D eigenvalue weighted by atomic mass is 10.0. The van der Waals surface area contributed by atoms with Gasteiger partial charge in [0, 0.05) is 16.6 Å². The molecule has 3 rings (SSSR count). The minimum absolute atomic E-state index is 0.374. The van der Waals surface area contributed by atoms with E-state index in [-0.39, 0.29) is 0 Å². The van der Waals surface area contributed by atoms with E-state index in [9.17, 15) is 0 Å². The minimum Gasteiger partial charge on any atom is -0.354 e. The van der Waals surface area contributed by atoms with Gasteiger partial charge in [0.1, 0.15) is 0 Å². The van der Waals surface area contributed by atoms with Crippen LogP contribution in [0, 0.1) is 5.92 Å². The van der Waals surface area contributed by atoms with Crippen LogP contribution in [0.2, 0.25) is 5.02 Å². The Morgan fingerprint density at radius 2 is 2.06 bits per heavy atom. The number of halogens is 1. The molecule has 4 heteroatoms. The van der Waals surface area contributed by atoms with Gasteiger partial charge in [0.25, 0.3) is 0 Å². The van der Waals surface area contributed by atoms with Crippen molar-refractivity contribution in [2.24, 2.45) is 5.92 Å². The van der Waals surface area contributed by atoms with Gasteiger partial charge in [-0.3, -0.25) is 0 Å². The van der Waals surface area contributed by atoms with Crippen LogP contribution in [0.5, 0.6) is 0 Å². The van der Waals surface area contributed by atoms with Crippen LogP contribution in [0.25, 0.3) is 0 Å². The maximum Gasteiger partial charge on any atom is 0.183 e. The van der Waals surface area contributed by atoms with E-state index in [1.54, 1.807) is 11.3 Å². The number of hydrogen-bond donors (Lipinski definition) is 1. The van der Waals surface area contributed by atoms with Crippen LogP contribution < -0.4 is 5.32 Å². The molecule has 0 radical (unpaired) electrons. The summed E-state index contributed by atoms with van der Waals surface area (Å²) < 4.78 is 0. The van der Waals surface area contributed by atoms with E-state index in [0.29, 0.717) is 6.04 Å². The fraction of sp³-hybridized carbons (Fsp3) is 0.308. The summed E-state index contributed by atoms with van der Waals surface area (Å²) in [5.41, 5.74) is 1.30. The first-order valence-corrected chi connectivity index (χ1v) is 7.00. The lowest BCUT2D eigenvalue weighted by molar-refractivity contribution is 0.678. The molecule has 88 valence electrons. The van der Waals surface area contributed by atoms with Gasteiger partial charge in [-0.15, -0.1) is 11.3 Å². The van der Waals surface area contributed by atoms with Crippen molar-refractivity contribution in [3.05, 3.63) is 46.4 Å². The molecule has 2 nitrogen and oxygen atoms in total. The van der Waals surface area contributed by atoms with E-state index in [2.05, 4.69) is 22.4 Å². The number of benzene rings is 1. The van der Waals surface area contributed by atoms with E-state index in [1.165, 1.54) is 18.4 Å². The average Bonchev–Trinajstić information content (AvgIpc) is 3.05. The second-order valence-electron chi connectivity index (χ2n) is 4.35. The molecule has 1 N–H and O–H groups in total. The Morgan fingerprint density at radius 3 is 2.65 bits per heavy atom. The fourth-order valence-corrected chi connectivity index (χ4v) is 2.69. The Labute approximate surface area is 110 Å². The van der Waals surface area contributed by atoms with Crippen LogP contribution >= 0.6 is 22.9 Å². The Bertz CT molecular complexity index is 477. The first-order chi connectivity index (χ1) is 8.33. The number of thiazole rings is 1. The van der Waals surface area contributed by atoms with Crippen LogP contribution in [0.3, 0.4) is 0 Å². The predicted octanol–water partition coefficient (Wildman–Crippen LogP) is 4.36. The van der Waals surface area contributed by atoms with Gasteiger partial charge in [-0.1, -0.05) is 23.7 Å². The third-order valence-electron chi connectivity index (χ3n) is 3.03. The molecule has 1 unspecified atom stereocenters. The zero-order chi connectivity index (χ0) is 11.7. The molecule has 0 saturated heterocycles. The molecule has 0 aliphatic heterocycles. The van der Waals surface area contributed by atoms with Gasteiger partial charge in [0.05, 0.1) is 6.04 Å². The molecule has 0 bridgehead atoms. The molecule has 1 aliphatic carbocycles. The van der Waals surface area contributed by atoms with Gasteiger partial charge >= 0.3 is 0 Å². The summed E-state index contributed by atoms with van der Waals surface area (Å²) in [6.07, 6.45) is 4.43. The lowest BCUT2D eigenvalue weighted by Gasteiger charge is -2.18. The highest BCUT2D eigenvalue weighted by atomic mass is 35.5. The maximum atomic E-state index is 5.92. The molecule has 1 heterocycles. The molecular formula is C13H13ClN2S. The zero-order valence-corrected chi connectivity index (χ0v) is 10.8. The largest absolute Gasteiger partial charge is 0.354 e. The molecule has 1 aromatic carbocycles. The van der Waals surface area contributed by atoms with Crippen molar-refractivity contribution in [1.29, 1.82) is 0 Å². The van der Waals surface area contributed by atoms with Crippen molar-refractivity contribution >= 4 is 28.1 Å². The van der Waals surface area contributed by atoms with Gasteiger partial charge < -0.3 is 5.32 Å². The normalized spacial score (nSPS) is 16.8. The molecule has 1 saturated carbocycles. The molecule has 1 aliphatic rings. The minimum atomic E-state index is 0.374. The van der Waals surface area contributed by atoms with Gasteiger partial charge in [0.15, 0.2) is 5.13 Å². The second kappa shape index (κ2) is 4.67. The van der Waals surface area contributed by atoms with E-state index in [1.807, 2.05) is 23.7 Å². The van der Waals surface area contributed by atoms with E-state index in [0.717, 1.165) is 16.1 Å². The van der Waals surface area contributed by atoms with Crippen LogP contribution in [0.15, 0.2) is 35.8 Å². The molecule has 0 amide bonds. The SMILES string of the molecule is Clc1ccc(C(Nc2nccs2)C2CC2)cc1. The summed E-state index contributed by atoms with van der Waals surface area (Å²) in [5.74, 6) is 0.736. The predicted molar refractivity (Wildman–Crippen MR) is 72.7 cm³/mol. The Kier molecular flexibility index (Phi) is 3.04. The number of nitrogens with one attached hydrogen (secondary N) is 1. The molecule has 17 heavy (non-hydrogen) atoms. The number of hydrogen-bond acceptors (Lipinski definition) is 3. The highest BCUT2D eigenvalue weighted by Crippen LogP contribution is 2.43. The van der Waals surface area contributed by atoms with E-state index >= 15 is 0 Å². The Morgan fingerprint density at radius 1 is 1.29 bits per heavy atom. The standard InChI is InChI=1S/C13H13ClN2S/c14-11-5-3-10(4-6-11)12(9-1-2-9)16-13-15-7-8-17-13/h3-9,12H,1-2H2,(H,15,16). The van der Waals surface area contributed by atoms with Crippen LogP contribution in [0.4, 0.5) is 5.13 Å². The van der Waals surface area contributed by atoms with E-state index < -0.39 is 0 Å². The topological polar surface area (TPSA) is 24.9 Å². The van der Waals surface area contributed by atoms with Crippen molar-refractivity contribution in [1.82, 2.24) is 4.98 Å². The molecule has 1 aromatic heterocycles. The smallest absolute Gasteiger partial charge is 0.183 e. The van der Waals surface area contributed by atoms with E-state index in [4.69, 9.17) is 11.6 Å².